The van der Waals surface area contributed by atoms with Gasteiger partial charge < -0.3 is 10.6 Å². The van der Waals surface area contributed by atoms with Crippen LogP contribution in [0.3, 0.4) is 0 Å². The van der Waals surface area contributed by atoms with E-state index in [-0.39, 0.29) is 0 Å². The maximum absolute atomic E-state index is 3.85. The number of rotatable bonds is 0. The fraction of sp³-hybridized carbons (Fsp3) is 0.375. The molecule has 0 aromatic carbocycles. The second kappa shape index (κ2) is 6.42. The third kappa shape index (κ3) is 4.51. The van der Waals surface area contributed by atoms with Crippen molar-refractivity contribution in [3.8, 4) is 0 Å². The first kappa shape index (κ1) is 8.80. The molecule has 4 heteroatoms. The maximum atomic E-state index is 3.85. The molecule has 0 aromatic heterocycles. The van der Waals surface area contributed by atoms with Gasteiger partial charge in [-0.2, -0.15) is 0 Å². The molecular weight excluding hydrogens is 152 g/mol. The molecule has 3 N–H and O–H groups in total. The van der Waals surface area contributed by atoms with Crippen LogP contribution in [0.15, 0.2) is 29.5 Å². The SMILES string of the molecule is C1=CNCN=C1.C1=CNCNC1. The van der Waals surface area contributed by atoms with E-state index >= 15 is 0 Å². The van der Waals surface area contributed by atoms with E-state index in [1.54, 1.807) is 6.21 Å². The van der Waals surface area contributed by atoms with Crippen LogP contribution in [0.5, 0.6) is 0 Å². The smallest absolute Gasteiger partial charge is 0.107 e. The fourth-order valence-electron chi connectivity index (χ4n) is 0.759. The Kier molecular flexibility index (Phi) is 4.71. The number of hydrogen-bond acceptors (Lipinski definition) is 4. The van der Waals surface area contributed by atoms with Gasteiger partial charge in [0.1, 0.15) is 6.67 Å². The summed E-state index contributed by atoms with van der Waals surface area (Å²) in [6.45, 7) is 2.65. The van der Waals surface area contributed by atoms with Gasteiger partial charge in [0.15, 0.2) is 0 Å². The Morgan fingerprint density at radius 3 is 2.33 bits per heavy atom. The summed E-state index contributed by atoms with van der Waals surface area (Å²) in [6, 6.07) is 0. The zero-order valence-corrected chi connectivity index (χ0v) is 6.96. The Bertz CT molecular complexity index is 163. The lowest BCUT2D eigenvalue weighted by Crippen LogP contribution is -2.29. The van der Waals surface area contributed by atoms with Crippen LogP contribution in [0.25, 0.3) is 0 Å². The zero-order valence-electron chi connectivity index (χ0n) is 6.96. The van der Waals surface area contributed by atoms with Crippen molar-refractivity contribution in [2.75, 3.05) is 19.9 Å². The van der Waals surface area contributed by atoms with Gasteiger partial charge in [-0.05, 0) is 18.5 Å². The molecule has 66 valence electrons. The van der Waals surface area contributed by atoms with E-state index in [1.807, 2.05) is 24.6 Å². The molecule has 0 amide bonds. The highest BCUT2D eigenvalue weighted by Gasteiger charge is 1.81. The largest absolute Gasteiger partial charge is 0.379 e. The monoisotopic (exact) mass is 166 g/mol. The molecule has 0 spiro atoms. The summed E-state index contributed by atoms with van der Waals surface area (Å²) in [6.07, 6.45) is 9.51. The Balaban J connectivity index is 0.000000120. The van der Waals surface area contributed by atoms with Crippen LogP contribution in [0.4, 0.5) is 0 Å². The summed E-state index contributed by atoms with van der Waals surface area (Å²) in [5.74, 6) is 0. The van der Waals surface area contributed by atoms with Crippen LogP contribution in [-0.2, 0) is 0 Å². The Hall–Kier alpha value is -1.29. The average molecular weight is 166 g/mol. The van der Waals surface area contributed by atoms with Gasteiger partial charge in [-0.1, -0.05) is 6.08 Å². The van der Waals surface area contributed by atoms with Gasteiger partial charge in [0, 0.05) is 12.8 Å². The molecule has 2 heterocycles. The van der Waals surface area contributed by atoms with Gasteiger partial charge >= 0.3 is 0 Å². The Labute approximate surface area is 72.5 Å². The highest BCUT2D eigenvalue weighted by molar-refractivity contribution is 5.71. The van der Waals surface area contributed by atoms with E-state index in [2.05, 4.69) is 20.9 Å². The molecule has 0 aromatic rings. The van der Waals surface area contributed by atoms with E-state index in [4.69, 9.17) is 0 Å². The highest BCUT2D eigenvalue weighted by atomic mass is 15.1. The third-order valence-electron chi connectivity index (χ3n) is 1.31. The third-order valence-corrected chi connectivity index (χ3v) is 1.31. The molecule has 2 aliphatic heterocycles. The Morgan fingerprint density at radius 2 is 2.17 bits per heavy atom. The van der Waals surface area contributed by atoms with Crippen molar-refractivity contribution in [1.29, 1.82) is 0 Å². The topological polar surface area (TPSA) is 48.5 Å². The van der Waals surface area contributed by atoms with Crippen molar-refractivity contribution in [3.05, 3.63) is 24.6 Å². The lowest BCUT2D eigenvalue weighted by Gasteiger charge is -2.05. The van der Waals surface area contributed by atoms with Crippen LogP contribution < -0.4 is 16.0 Å². The molecule has 4 nitrogen and oxygen atoms in total. The fourth-order valence-corrected chi connectivity index (χ4v) is 0.759. The number of hydrogen-bond donors (Lipinski definition) is 3. The molecular formula is C8H14N4. The summed E-state index contributed by atoms with van der Waals surface area (Å²) < 4.78 is 0. The number of aliphatic imine (C=N–C) groups is 1. The minimum atomic E-state index is 0.733. The van der Waals surface area contributed by atoms with Crippen LogP contribution in [-0.4, -0.2) is 26.1 Å². The molecule has 0 unspecified atom stereocenters. The molecule has 2 aliphatic rings. The molecule has 0 atom stereocenters. The average Bonchev–Trinajstić information content (AvgIpc) is 2.24. The van der Waals surface area contributed by atoms with E-state index < -0.39 is 0 Å². The van der Waals surface area contributed by atoms with Gasteiger partial charge in [0.25, 0.3) is 0 Å². The van der Waals surface area contributed by atoms with Gasteiger partial charge in [0.05, 0.1) is 6.67 Å². The highest BCUT2D eigenvalue weighted by Crippen LogP contribution is 1.71. The first-order valence-electron chi connectivity index (χ1n) is 3.97. The lowest BCUT2D eigenvalue weighted by molar-refractivity contribution is 0.669. The first-order chi connectivity index (χ1) is 6.00. The van der Waals surface area contributed by atoms with Gasteiger partial charge in [-0.15, -0.1) is 0 Å². The molecule has 0 fully saturated rings. The van der Waals surface area contributed by atoms with Gasteiger partial charge in [-0.3, -0.25) is 10.3 Å². The first-order valence-corrected chi connectivity index (χ1v) is 3.97. The summed E-state index contributed by atoms with van der Waals surface area (Å²) in [5, 5.41) is 8.99. The van der Waals surface area contributed by atoms with Crippen LogP contribution in [0, 0.1) is 0 Å². The molecule has 0 saturated carbocycles. The van der Waals surface area contributed by atoms with E-state index in [0.29, 0.717) is 0 Å². The predicted octanol–water partition coefficient (Wildman–Crippen LogP) is -0.218. The van der Waals surface area contributed by atoms with Crippen LogP contribution in [0.1, 0.15) is 0 Å². The molecule has 2 rings (SSSR count). The minimum absolute atomic E-state index is 0.733. The number of allylic oxidation sites excluding steroid dienone is 1. The van der Waals surface area contributed by atoms with Crippen molar-refractivity contribution in [1.82, 2.24) is 16.0 Å². The number of nitrogens with one attached hydrogen (secondary N) is 3. The van der Waals surface area contributed by atoms with Crippen LogP contribution >= 0.6 is 0 Å². The molecule has 0 bridgehead atoms. The second-order valence-corrected chi connectivity index (χ2v) is 2.29. The zero-order chi connectivity index (χ0) is 8.49. The molecule has 12 heavy (non-hydrogen) atoms. The quantitative estimate of drug-likeness (QED) is 0.466. The second-order valence-electron chi connectivity index (χ2n) is 2.29. The summed E-state index contributed by atoms with van der Waals surface area (Å²) in [7, 11) is 0. The van der Waals surface area contributed by atoms with Crippen molar-refractivity contribution in [2.45, 2.75) is 0 Å². The molecule has 0 aliphatic carbocycles. The summed E-state index contributed by atoms with van der Waals surface area (Å²) in [5.41, 5.74) is 0. The molecule has 0 saturated heterocycles. The van der Waals surface area contributed by atoms with Crippen molar-refractivity contribution >= 4 is 6.21 Å². The van der Waals surface area contributed by atoms with Gasteiger partial charge in [-0.25, -0.2) is 0 Å². The van der Waals surface area contributed by atoms with Gasteiger partial charge in [0.2, 0.25) is 0 Å². The predicted molar refractivity (Wildman–Crippen MR) is 50.8 cm³/mol. The maximum Gasteiger partial charge on any atom is 0.107 e. The van der Waals surface area contributed by atoms with E-state index in [9.17, 15) is 0 Å². The van der Waals surface area contributed by atoms with E-state index in [0.717, 1.165) is 19.9 Å². The lowest BCUT2D eigenvalue weighted by atomic mass is 10.5. The van der Waals surface area contributed by atoms with Crippen molar-refractivity contribution in [2.24, 2.45) is 4.99 Å². The summed E-state index contributed by atoms with van der Waals surface area (Å²) >= 11 is 0. The van der Waals surface area contributed by atoms with Crippen molar-refractivity contribution < 1.29 is 0 Å². The summed E-state index contributed by atoms with van der Waals surface area (Å²) in [4.78, 5) is 3.85. The normalized spacial score (nSPS) is 18.7. The van der Waals surface area contributed by atoms with E-state index in [1.165, 1.54) is 0 Å². The minimum Gasteiger partial charge on any atom is -0.379 e. The Morgan fingerprint density at radius 1 is 1.17 bits per heavy atom. The molecule has 0 radical (unpaired) electrons. The standard InChI is InChI=1S/C4H8N2.C4H6N2/c2*1-2-5-4-6-3-1/h1-2,5-6H,3-4H2;1-3,5H,4H2. The number of nitrogens with zero attached hydrogens (tertiary/aromatic N) is 1. The van der Waals surface area contributed by atoms with Crippen LogP contribution in [0.2, 0.25) is 0 Å². The van der Waals surface area contributed by atoms with Crippen molar-refractivity contribution in [3.63, 3.8) is 0 Å².